The number of benzene rings is 1. The SMILES string of the molecule is CCC(C)N(CC)C(=O)c1cc(COc2ccc(C(C)=O)cc2)on1. The van der Waals surface area contributed by atoms with Crippen LogP contribution in [0.25, 0.3) is 0 Å². The summed E-state index contributed by atoms with van der Waals surface area (Å²) in [5, 5.41) is 3.86. The summed E-state index contributed by atoms with van der Waals surface area (Å²) in [6.45, 7) is 8.29. The van der Waals surface area contributed by atoms with Crippen LogP contribution in [0.15, 0.2) is 34.9 Å². The van der Waals surface area contributed by atoms with Crippen LogP contribution in [0.4, 0.5) is 0 Å². The number of carbonyl (C=O) groups excluding carboxylic acids is 2. The van der Waals surface area contributed by atoms with Crippen LogP contribution in [0, 0.1) is 0 Å². The van der Waals surface area contributed by atoms with E-state index in [1.54, 1.807) is 35.2 Å². The predicted molar refractivity (Wildman–Crippen MR) is 93.7 cm³/mol. The molecule has 0 aliphatic heterocycles. The summed E-state index contributed by atoms with van der Waals surface area (Å²) in [6.07, 6.45) is 0.879. The van der Waals surface area contributed by atoms with Crippen molar-refractivity contribution in [3.05, 3.63) is 47.3 Å². The number of hydrogen-bond acceptors (Lipinski definition) is 5. The minimum absolute atomic E-state index is 0.00623. The van der Waals surface area contributed by atoms with Gasteiger partial charge in [-0.05, 0) is 51.5 Å². The van der Waals surface area contributed by atoms with Crippen LogP contribution in [-0.4, -0.2) is 34.3 Å². The molecule has 6 nitrogen and oxygen atoms in total. The number of hydrogen-bond donors (Lipinski definition) is 0. The average molecular weight is 344 g/mol. The van der Waals surface area contributed by atoms with Crippen molar-refractivity contribution in [1.29, 1.82) is 0 Å². The zero-order valence-corrected chi connectivity index (χ0v) is 15.1. The van der Waals surface area contributed by atoms with Crippen LogP contribution in [0.5, 0.6) is 5.75 Å². The Labute approximate surface area is 147 Å². The molecule has 0 aliphatic rings. The van der Waals surface area contributed by atoms with Crippen LogP contribution in [0.1, 0.15) is 60.7 Å². The van der Waals surface area contributed by atoms with Crippen LogP contribution >= 0.6 is 0 Å². The lowest BCUT2D eigenvalue weighted by molar-refractivity contribution is 0.0689. The lowest BCUT2D eigenvalue weighted by Crippen LogP contribution is -2.38. The van der Waals surface area contributed by atoms with Gasteiger partial charge in [-0.3, -0.25) is 9.59 Å². The molecule has 134 valence electrons. The van der Waals surface area contributed by atoms with Crippen molar-refractivity contribution in [2.75, 3.05) is 6.54 Å². The third-order valence-electron chi connectivity index (χ3n) is 4.14. The Bertz CT molecular complexity index is 721. The first-order valence-electron chi connectivity index (χ1n) is 8.46. The highest BCUT2D eigenvalue weighted by Crippen LogP contribution is 2.16. The Balaban J connectivity index is 1.99. The average Bonchev–Trinajstić information content (AvgIpc) is 3.09. The number of nitrogens with zero attached hydrogens (tertiary/aromatic N) is 2. The summed E-state index contributed by atoms with van der Waals surface area (Å²) >= 11 is 0. The summed E-state index contributed by atoms with van der Waals surface area (Å²) in [5.74, 6) is 0.952. The zero-order chi connectivity index (χ0) is 18.4. The molecule has 0 spiro atoms. The molecule has 0 saturated carbocycles. The van der Waals surface area contributed by atoms with Gasteiger partial charge in [0.05, 0.1) is 0 Å². The second-order valence-corrected chi connectivity index (χ2v) is 5.90. The largest absolute Gasteiger partial charge is 0.486 e. The lowest BCUT2D eigenvalue weighted by atomic mass is 10.1. The minimum Gasteiger partial charge on any atom is -0.486 e. The van der Waals surface area contributed by atoms with Gasteiger partial charge in [0.15, 0.2) is 17.2 Å². The van der Waals surface area contributed by atoms with Crippen molar-refractivity contribution in [2.45, 2.75) is 46.8 Å². The first-order chi connectivity index (χ1) is 12.0. The van der Waals surface area contributed by atoms with Gasteiger partial charge >= 0.3 is 0 Å². The van der Waals surface area contributed by atoms with Gasteiger partial charge in [0.2, 0.25) is 0 Å². The molecule has 25 heavy (non-hydrogen) atoms. The van der Waals surface area contributed by atoms with Crippen LogP contribution < -0.4 is 4.74 Å². The molecule has 0 N–H and O–H groups in total. The molecule has 1 aromatic carbocycles. The zero-order valence-electron chi connectivity index (χ0n) is 15.1. The third kappa shape index (κ3) is 4.68. The Hall–Kier alpha value is -2.63. The summed E-state index contributed by atoms with van der Waals surface area (Å²) < 4.78 is 10.8. The van der Waals surface area contributed by atoms with E-state index in [0.717, 1.165) is 6.42 Å². The maximum Gasteiger partial charge on any atom is 0.276 e. The first-order valence-corrected chi connectivity index (χ1v) is 8.46. The molecule has 0 bridgehead atoms. The van der Waals surface area contributed by atoms with Gasteiger partial charge in [-0.2, -0.15) is 0 Å². The molecule has 2 aromatic rings. The maximum atomic E-state index is 12.5. The molecular weight excluding hydrogens is 320 g/mol. The van der Waals surface area contributed by atoms with E-state index in [0.29, 0.717) is 23.6 Å². The molecule has 1 unspecified atom stereocenters. The van der Waals surface area contributed by atoms with Crippen molar-refractivity contribution in [3.63, 3.8) is 0 Å². The summed E-state index contributed by atoms with van der Waals surface area (Å²) in [5.41, 5.74) is 0.914. The monoisotopic (exact) mass is 344 g/mol. The molecule has 0 radical (unpaired) electrons. The van der Waals surface area contributed by atoms with E-state index in [1.165, 1.54) is 6.92 Å². The van der Waals surface area contributed by atoms with Crippen molar-refractivity contribution in [1.82, 2.24) is 10.1 Å². The molecular formula is C19H24N2O4. The first kappa shape index (κ1) is 18.7. The van der Waals surface area contributed by atoms with E-state index < -0.39 is 0 Å². The van der Waals surface area contributed by atoms with E-state index in [1.807, 2.05) is 20.8 Å². The molecule has 1 amide bonds. The molecule has 1 atom stereocenters. The Morgan fingerprint density at radius 2 is 1.92 bits per heavy atom. The topological polar surface area (TPSA) is 72.6 Å². The third-order valence-corrected chi connectivity index (χ3v) is 4.14. The fourth-order valence-corrected chi connectivity index (χ4v) is 2.45. The van der Waals surface area contributed by atoms with Crippen molar-refractivity contribution >= 4 is 11.7 Å². The predicted octanol–water partition coefficient (Wildman–Crippen LogP) is 3.72. The van der Waals surface area contributed by atoms with Gasteiger partial charge in [0.25, 0.3) is 5.91 Å². The summed E-state index contributed by atoms with van der Waals surface area (Å²) in [6, 6.07) is 8.61. The Morgan fingerprint density at radius 1 is 1.24 bits per heavy atom. The summed E-state index contributed by atoms with van der Waals surface area (Å²) in [4.78, 5) is 25.5. The molecule has 0 aliphatic carbocycles. The highest BCUT2D eigenvalue weighted by Gasteiger charge is 2.22. The number of ether oxygens (including phenoxy) is 1. The molecule has 1 heterocycles. The van der Waals surface area contributed by atoms with E-state index in [-0.39, 0.29) is 30.0 Å². The molecule has 0 fully saturated rings. The van der Waals surface area contributed by atoms with Gasteiger partial charge in [-0.15, -0.1) is 0 Å². The van der Waals surface area contributed by atoms with E-state index in [2.05, 4.69) is 5.16 Å². The smallest absolute Gasteiger partial charge is 0.276 e. The molecule has 2 rings (SSSR count). The second-order valence-electron chi connectivity index (χ2n) is 5.90. The number of rotatable bonds is 8. The molecule has 0 saturated heterocycles. The molecule has 1 aromatic heterocycles. The Kier molecular flexibility index (Phi) is 6.33. The molecule has 6 heteroatoms. The lowest BCUT2D eigenvalue weighted by Gasteiger charge is -2.26. The normalized spacial score (nSPS) is 11.8. The van der Waals surface area contributed by atoms with Gasteiger partial charge < -0.3 is 14.2 Å². The van der Waals surface area contributed by atoms with Crippen LogP contribution in [-0.2, 0) is 6.61 Å². The highest BCUT2D eigenvalue weighted by atomic mass is 16.5. The second kappa shape index (κ2) is 8.46. The highest BCUT2D eigenvalue weighted by molar-refractivity contribution is 5.94. The quantitative estimate of drug-likeness (QED) is 0.683. The van der Waals surface area contributed by atoms with Gasteiger partial charge in [-0.25, -0.2) is 0 Å². The van der Waals surface area contributed by atoms with E-state index in [9.17, 15) is 9.59 Å². The van der Waals surface area contributed by atoms with Gasteiger partial charge in [0, 0.05) is 24.2 Å². The minimum atomic E-state index is -0.141. The van der Waals surface area contributed by atoms with Crippen molar-refractivity contribution in [2.24, 2.45) is 0 Å². The number of aromatic nitrogens is 1. The number of ketones is 1. The Morgan fingerprint density at radius 3 is 2.48 bits per heavy atom. The maximum absolute atomic E-state index is 12.5. The van der Waals surface area contributed by atoms with Gasteiger partial charge in [0.1, 0.15) is 12.4 Å². The van der Waals surface area contributed by atoms with Crippen LogP contribution in [0.3, 0.4) is 0 Å². The van der Waals surface area contributed by atoms with Crippen molar-refractivity contribution in [3.8, 4) is 5.75 Å². The van der Waals surface area contributed by atoms with Gasteiger partial charge in [-0.1, -0.05) is 12.1 Å². The fourth-order valence-electron chi connectivity index (χ4n) is 2.45. The van der Waals surface area contributed by atoms with E-state index in [4.69, 9.17) is 9.26 Å². The van der Waals surface area contributed by atoms with E-state index >= 15 is 0 Å². The number of carbonyl (C=O) groups is 2. The number of Topliss-reactive ketones (excluding diaryl/α,β-unsaturated/α-hetero) is 1. The fraction of sp³-hybridized carbons (Fsp3) is 0.421. The van der Waals surface area contributed by atoms with Crippen LogP contribution in [0.2, 0.25) is 0 Å². The van der Waals surface area contributed by atoms with Crippen molar-refractivity contribution < 1.29 is 18.8 Å². The number of amides is 1. The summed E-state index contributed by atoms with van der Waals surface area (Å²) in [7, 11) is 0. The standard InChI is InChI=1S/C19H24N2O4/c1-5-13(3)21(6-2)19(23)18-11-17(25-20-18)12-24-16-9-7-15(8-10-16)14(4)22/h7-11,13H,5-6,12H2,1-4H3.